The van der Waals surface area contributed by atoms with Crippen molar-refractivity contribution < 1.29 is 23.1 Å². The molecule has 0 amide bonds. The summed E-state index contributed by atoms with van der Waals surface area (Å²) in [6.45, 7) is 2.15. The molecule has 96 valence electrons. The van der Waals surface area contributed by atoms with E-state index in [2.05, 4.69) is 0 Å². The summed E-state index contributed by atoms with van der Waals surface area (Å²) in [5.41, 5.74) is -0.481. The third-order valence-electron chi connectivity index (χ3n) is 2.78. The molecule has 0 saturated heterocycles. The van der Waals surface area contributed by atoms with Crippen molar-refractivity contribution in [1.82, 2.24) is 4.57 Å². The first-order chi connectivity index (χ1) is 8.34. The Labute approximate surface area is 100 Å². The molecule has 0 aliphatic rings. The van der Waals surface area contributed by atoms with E-state index in [-0.39, 0.29) is 11.1 Å². The molecule has 0 saturated carbocycles. The molecule has 2 rings (SSSR count). The molecule has 1 N–H and O–H groups in total. The van der Waals surface area contributed by atoms with E-state index in [4.69, 9.17) is 5.11 Å². The van der Waals surface area contributed by atoms with Crippen LogP contribution in [0.1, 0.15) is 22.8 Å². The van der Waals surface area contributed by atoms with Crippen LogP contribution in [0.4, 0.5) is 13.2 Å². The summed E-state index contributed by atoms with van der Waals surface area (Å²) in [6, 6.07) is 3.08. The summed E-state index contributed by atoms with van der Waals surface area (Å²) in [7, 11) is 0. The fourth-order valence-electron chi connectivity index (χ4n) is 1.90. The zero-order valence-electron chi connectivity index (χ0n) is 9.45. The fourth-order valence-corrected chi connectivity index (χ4v) is 1.90. The Bertz CT molecular complexity index is 614. The van der Waals surface area contributed by atoms with Gasteiger partial charge in [0.15, 0.2) is 0 Å². The van der Waals surface area contributed by atoms with Gasteiger partial charge in [-0.1, -0.05) is 6.07 Å². The molecule has 0 aliphatic heterocycles. The number of carbonyl (C=O) groups is 1. The number of hydrogen-bond donors (Lipinski definition) is 1. The number of hydrogen-bond acceptors (Lipinski definition) is 1. The molecule has 0 fully saturated rings. The van der Waals surface area contributed by atoms with Crippen molar-refractivity contribution in [2.45, 2.75) is 19.6 Å². The molecule has 0 unspecified atom stereocenters. The predicted octanol–water partition coefficient (Wildman–Crippen LogP) is 3.38. The van der Waals surface area contributed by atoms with E-state index in [1.807, 2.05) is 0 Å². The van der Waals surface area contributed by atoms with Gasteiger partial charge in [0.1, 0.15) is 0 Å². The second-order valence-electron chi connectivity index (χ2n) is 3.86. The summed E-state index contributed by atoms with van der Waals surface area (Å²) in [4.78, 5) is 11.0. The number of fused-ring (bicyclic) bond motifs is 1. The number of benzene rings is 1. The topological polar surface area (TPSA) is 42.2 Å². The van der Waals surface area contributed by atoms with Crippen molar-refractivity contribution in [3.63, 3.8) is 0 Å². The lowest BCUT2D eigenvalue weighted by molar-refractivity contribution is -0.137. The number of aromatic carboxylic acids is 1. The Balaban J connectivity index is 2.73. The van der Waals surface area contributed by atoms with Crippen molar-refractivity contribution in [1.29, 1.82) is 0 Å². The number of carboxylic acid groups (broad SMARTS) is 1. The standard InChI is InChI=1S/C12H10F3NO2/c1-2-16-6-9(11(17)18)8-4-3-7(5-10(8)16)12(13,14)15/h3-6H,2H2,1H3,(H,17,18). The lowest BCUT2D eigenvalue weighted by Crippen LogP contribution is -2.05. The van der Waals surface area contributed by atoms with Crippen LogP contribution in [-0.4, -0.2) is 15.6 Å². The molecule has 2 aromatic rings. The normalized spacial score (nSPS) is 12.0. The number of alkyl halides is 3. The quantitative estimate of drug-likeness (QED) is 0.896. The van der Waals surface area contributed by atoms with Crippen LogP contribution in [0.2, 0.25) is 0 Å². The minimum Gasteiger partial charge on any atom is -0.478 e. The van der Waals surface area contributed by atoms with Crippen LogP contribution < -0.4 is 0 Å². The van der Waals surface area contributed by atoms with E-state index >= 15 is 0 Å². The average Bonchev–Trinajstić information content (AvgIpc) is 2.65. The predicted molar refractivity (Wildman–Crippen MR) is 59.6 cm³/mol. The third kappa shape index (κ3) is 1.94. The number of rotatable bonds is 2. The summed E-state index contributed by atoms with van der Waals surface area (Å²) >= 11 is 0. The second-order valence-corrected chi connectivity index (χ2v) is 3.86. The van der Waals surface area contributed by atoms with Crippen molar-refractivity contribution in [2.75, 3.05) is 0 Å². The number of carboxylic acids is 1. The molecular formula is C12H10F3NO2. The Morgan fingerprint density at radius 1 is 1.39 bits per heavy atom. The van der Waals surface area contributed by atoms with Crippen LogP contribution >= 0.6 is 0 Å². The summed E-state index contributed by atoms with van der Waals surface area (Å²) < 4.78 is 39.3. The van der Waals surface area contributed by atoms with Crippen LogP contribution in [-0.2, 0) is 12.7 Å². The molecule has 0 spiro atoms. The highest BCUT2D eigenvalue weighted by atomic mass is 19.4. The van der Waals surface area contributed by atoms with E-state index < -0.39 is 17.7 Å². The van der Waals surface area contributed by atoms with Crippen LogP contribution in [0.3, 0.4) is 0 Å². The highest BCUT2D eigenvalue weighted by molar-refractivity contribution is 6.03. The smallest absolute Gasteiger partial charge is 0.416 e. The molecule has 0 radical (unpaired) electrons. The van der Waals surface area contributed by atoms with E-state index in [9.17, 15) is 18.0 Å². The average molecular weight is 257 g/mol. The number of nitrogens with zero attached hydrogens (tertiary/aromatic N) is 1. The molecule has 1 aromatic carbocycles. The molecular weight excluding hydrogens is 247 g/mol. The van der Waals surface area contributed by atoms with Crippen molar-refractivity contribution >= 4 is 16.9 Å². The van der Waals surface area contributed by atoms with Crippen molar-refractivity contribution in [3.05, 3.63) is 35.5 Å². The number of aryl methyl sites for hydroxylation is 1. The van der Waals surface area contributed by atoms with Gasteiger partial charge in [-0.05, 0) is 19.1 Å². The van der Waals surface area contributed by atoms with Gasteiger partial charge in [-0.2, -0.15) is 13.2 Å². The maximum atomic E-state index is 12.6. The Morgan fingerprint density at radius 3 is 2.56 bits per heavy atom. The maximum absolute atomic E-state index is 12.6. The third-order valence-corrected chi connectivity index (χ3v) is 2.78. The molecule has 1 aromatic heterocycles. The molecule has 1 heterocycles. The van der Waals surface area contributed by atoms with Gasteiger partial charge in [0, 0.05) is 23.6 Å². The van der Waals surface area contributed by atoms with Crippen LogP contribution in [0.15, 0.2) is 24.4 Å². The van der Waals surface area contributed by atoms with Gasteiger partial charge in [0.25, 0.3) is 0 Å². The van der Waals surface area contributed by atoms with Gasteiger partial charge in [-0.25, -0.2) is 4.79 Å². The maximum Gasteiger partial charge on any atom is 0.416 e. The van der Waals surface area contributed by atoms with E-state index in [1.54, 1.807) is 6.92 Å². The molecule has 0 bridgehead atoms. The second kappa shape index (κ2) is 4.04. The van der Waals surface area contributed by atoms with Gasteiger partial charge >= 0.3 is 12.1 Å². The Morgan fingerprint density at radius 2 is 2.06 bits per heavy atom. The molecule has 6 heteroatoms. The van der Waals surface area contributed by atoms with E-state index in [0.717, 1.165) is 12.1 Å². The first-order valence-electron chi connectivity index (χ1n) is 5.28. The van der Waals surface area contributed by atoms with Gasteiger partial charge in [-0.15, -0.1) is 0 Å². The van der Waals surface area contributed by atoms with Gasteiger partial charge in [0.05, 0.1) is 11.1 Å². The lowest BCUT2D eigenvalue weighted by Gasteiger charge is -2.07. The molecule has 18 heavy (non-hydrogen) atoms. The van der Waals surface area contributed by atoms with E-state index in [1.165, 1.54) is 16.8 Å². The molecule has 0 aliphatic carbocycles. The van der Waals surface area contributed by atoms with Crippen LogP contribution in [0.25, 0.3) is 10.9 Å². The van der Waals surface area contributed by atoms with Gasteiger partial charge in [-0.3, -0.25) is 0 Å². The summed E-state index contributed by atoms with van der Waals surface area (Å²) in [5.74, 6) is -1.15. The fraction of sp³-hybridized carbons (Fsp3) is 0.250. The largest absolute Gasteiger partial charge is 0.478 e. The van der Waals surface area contributed by atoms with Gasteiger partial charge < -0.3 is 9.67 Å². The van der Waals surface area contributed by atoms with Crippen LogP contribution in [0, 0.1) is 0 Å². The summed E-state index contributed by atoms with van der Waals surface area (Å²) in [5, 5.41) is 9.30. The first kappa shape index (κ1) is 12.5. The first-order valence-corrected chi connectivity index (χ1v) is 5.28. The highest BCUT2D eigenvalue weighted by Crippen LogP contribution is 2.32. The Hall–Kier alpha value is -1.98. The summed E-state index contributed by atoms with van der Waals surface area (Å²) in [6.07, 6.45) is -3.08. The molecule has 3 nitrogen and oxygen atoms in total. The number of halogens is 3. The van der Waals surface area contributed by atoms with Crippen molar-refractivity contribution in [3.8, 4) is 0 Å². The Kier molecular flexibility index (Phi) is 2.80. The minimum absolute atomic E-state index is 0.0144. The molecule has 0 atom stereocenters. The lowest BCUT2D eigenvalue weighted by atomic mass is 10.1. The van der Waals surface area contributed by atoms with E-state index in [0.29, 0.717) is 11.9 Å². The SMILES string of the molecule is CCn1cc(C(=O)O)c2ccc(C(F)(F)F)cc21. The highest BCUT2D eigenvalue weighted by Gasteiger charge is 2.31. The zero-order chi connectivity index (χ0) is 13.5. The minimum atomic E-state index is -4.43. The zero-order valence-corrected chi connectivity index (χ0v) is 9.45. The van der Waals surface area contributed by atoms with Crippen LogP contribution in [0.5, 0.6) is 0 Å². The van der Waals surface area contributed by atoms with Gasteiger partial charge in [0.2, 0.25) is 0 Å². The number of aromatic nitrogens is 1. The van der Waals surface area contributed by atoms with Crippen molar-refractivity contribution in [2.24, 2.45) is 0 Å². The monoisotopic (exact) mass is 257 g/mol.